The van der Waals surface area contributed by atoms with E-state index in [0.29, 0.717) is 17.1 Å². The molecule has 0 aliphatic heterocycles. The van der Waals surface area contributed by atoms with Crippen LogP contribution in [0.1, 0.15) is 5.56 Å². The van der Waals surface area contributed by atoms with E-state index >= 15 is 0 Å². The van der Waals surface area contributed by atoms with Gasteiger partial charge in [0.05, 0.1) is 19.8 Å². The molecular weight excluding hydrogens is 404 g/mol. The average Bonchev–Trinajstić information content (AvgIpc) is 2.84. The highest BCUT2D eigenvalue weighted by molar-refractivity contribution is 6.14. The fourth-order valence-corrected chi connectivity index (χ4v) is 3.48. The second-order valence-electron chi connectivity index (χ2n) is 7.17. The highest BCUT2D eigenvalue weighted by Crippen LogP contribution is 2.41. The summed E-state index contributed by atoms with van der Waals surface area (Å²) in [6.07, 6.45) is 0. The van der Waals surface area contributed by atoms with Crippen LogP contribution in [0.4, 0.5) is 0 Å². The largest absolute Gasteiger partial charge is 0.497 e. The topological polar surface area (TPSA) is 65.0 Å². The molecule has 1 N–H and O–H groups in total. The van der Waals surface area contributed by atoms with Crippen molar-refractivity contribution < 1.29 is 24.1 Å². The number of benzene rings is 4. The number of fused-ring (bicyclic) bond motifs is 1. The number of methoxy groups -OCH3 is 2. The van der Waals surface area contributed by atoms with Crippen LogP contribution in [0, 0.1) is 0 Å². The van der Waals surface area contributed by atoms with E-state index < -0.39 is 5.97 Å². The molecule has 4 aromatic rings. The normalized spacial score (nSPS) is 10.6. The Bertz CT molecular complexity index is 1290. The van der Waals surface area contributed by atoms with Crippen molar-refractivity contribution in [1.29, 1.82) is 0 Å². The third-order valence-electron chi connectivity index (χ3n) is 5.26. The van der Waals surface area contributed by atoms with Gasteiger partial charge in [-0.05, 0) is 65.0 Å². The van der Waals surface area contributed by atoms with Crippen molar-refractivity contribution in [3.8, 4) is 34.1 Å². The van der Waals surface area contributed by atoms with E-state index in [9.17, 15) is 4.79 Å². The van der Waals surface area contributed by atoms with Crippen molar-refractivity contribution >= 4 is 22.3 Å². The Hall–Kier alpha value is -4.25. The van der Waals surface area contributed by atoms with Gasteiger partial charge in [-0.3, -0.25) is 0 Å². The minimum absolute atomic E-state index is 0.0349. The maximum Gasteiger partial charge on any atom is 0.335 e. The molecule has 32 heavy (non-hydrogen) atoms. The van der Waals surface area contributed by atoms with Crippen LogP contribution in [0.25, 0.3) is 27.5 Å². The minimum Gasteiger partial charge on any atom is -0.497 e. The molecule has 5 heteroatoms. The van der Waals surface area contributed by atoms with Crippen LogP contribution in [0.2, 0.25) is 0 Å². The number of hydrogen-bond donors (Lipinski definition) is 1. The summed E-state index contributed by atoms with van der Waals surface area (Å²) in [5.41, 5.74) is 2.47. The summed E-state index contributed by atoms with van der Waals surface area (Å²) in [4.78, 5) is 11.2. The van der Waals surface area contributed by atoms with E-state index in [1.54, 1.807) is 38.5 Å². The molecule has 0 spiro atoms. The number of carboxylic acid groups (broad SMARTS) is 1. The highest BCUT2D eigenvalue weighted by atomic mass is 16.5. The molecule has 4 rings (SSSR count). The van der Waals surface area contributed by atoms with Gasteiger partial charge in [0.25, 0.3) is 0 Å². The monoisotopic (exact) mass is 426 g/mol. The molecule has 160 valence electrons. The van der Waals surface area contributed by atoms with E-state index in [4.69, 9.17) is 19.3 Å². The quantitative estimate of drug-likeness (QED) is 0.346. The zero-order chi connectivity index (χ0) is 22.7. The summed E-state index contributed by atoms with van der Waals surface area (Å²) in [7, 11) is 3.27. The minimum atomic E-state index is -1.05. The molecule has 5 nitrogen and oxygen atoms in total. The second-order valence-corrected chi connectivity index (χ2v) is 7.17. The predicted molar refractivity (Wildman–Crippen MR) is 126 cm³/mol. The van der Waals surface area contributed by atoms with Crippen molar-refractivity contribution in [3.05, 3.63) is 91.0 Å². The molecule has 0 fully saturated rings. The number of ether oxygens (including phenoxy) is 3. The van der Waals surface area contributed by atoms with Crippen molar-refractivity contribution in [2.24, 2.45) is 0 Å². The van der Waals surface area contributed by atoms with Crippen LogP contribution >= 0.6 is 0 Å². The summed E-state index contributed by atoms with van der Waals surface area (Å²) >= 11 is 0. The molecule has 0 aliphatic rings. The van der Waals surface area contributed by atoms with Gasteiger partial charge in [0, 0.05) is 10.9 Å². The third-order valence-corrected chi connectivity index (χ3v) is 5.26. The fraction of sp³-hybridized carbons (Fsp3) is 0.0741. The summed E-state index contributed by atoms with van der Waals surface area (Å²) in [6.45, 7) is 3.60. The van der Waals surface area contributed by atoms with E-state index in [-0.39, 0.29) is 5.57 Å². The van der Waals surface area contributed by atoms with Crippen LogP contribution in [0.5, 0.6) is 23.0 Å². The molecular formula is C27H22O5. The maximum absolute atomic E-state index is 11.2. The van der Waals surface area contributed by atoms with Gasteiger partial charge in [0.2, 0.25) is 0 Å². The molecule has 0 atom stereocenters. The van der Waals surface area contributed by atoms with Crippen molar-refractivity contribution in [2.75, 3.05) is 14.2 Å². The fourth-order valence-electron chi connectivity index (χ4n) is 3.48. The van der Waals surface area contributed by atoms with E-state index in [1.807, 2.05) is 54.6 Å². The van der Waals surface area contributed by atoms with Gasteiger partial charge >= 0.3 is 5.97 Å². The Morgan fingerprint density at radius 3 is 2.03 bits per heavy atom. The third kappa shape index (κ3) is 4.14. The predicted octanol–water partition coefficient (Wildman–Crippen LogP) is 6.41. The van der Waals surface area contributed by atoms with Gasteiger partial charge in [-0.15, -0.1) is 0 Å². The summed E-state index contributed by atoms with van der Waals surface area (Å²) in [6, 6.07) is 24.5. The number of carbonyl (C=O) groups is 1. The standard InChI is InChI=1S/C27H22O5/c1-17(27(28)29)18-4-11-22(12-5-18)32-26-24(19-6-9-21(30-2)10-7-19)14-8-20-16-23(31-3)13-15-25(20)26/h4-16H,1H2,2-3H3,(H,28,29). The number of carboxylic acids is 1. The van der Waals surface area contributed by atoms with Gasteiger partial charge in [-0.25, -0.2) is 4.79 Å². The molecule has 0 aromatic heterocycles. The van der Waals surface area contributed by atoms with Crippen LogP contribution < -0.4 is 14.2 Å². The molecule has 0 unspecified atom stereocenters. The lowest BCUT2D eigenvalue weighted by Gasteiger charge is -2.16. The van der Waals surface area contributed by atoms with E-state index in [2.05, 4.69) is 6.58 Å². The smallest absolute Gasteiger partial charge is 0.335 e. The SMILES string of the molecule is C=C(C(=O)O)c1ccc(Oc2c(-c3ccc(OC)cc3)ccc3cc(OC)ccc23)cc1. The molecule has 0 aliphatic carbocycles. The molecule has 4 aromatic carbocycles. The van der Waals surface area contributed by atoms with Gasteiger partial charge in [-0.1, -0.05) is 36.9 Å². The average molecular weight is 426 g/mol. The van der Waals surface area contributed by atoms with Gasteiger partial charge < -0.3 is 19.3 Å². The summed E-state index contributed by atoms with van der Waals surface area (Å²) < 4.78 is 17.0. The lowest BCUT2D eigenvalue weighted by molar-refractivity contribution is -0.130. The maximum atomic E-state index is 11.2. The van der Waals surface area contributed by atoms with Crippen molar-refractivity contribution in [2.45, 2.75) is 0 Å². The zero-order valence-corrected chi connectivity index (χ0v) is 17.8. The van der Waals surface area contributed by atoms with Crippen LogP contribution in [0.15, 0.2) is 85.4 Å². The molecule has 0 radical (unpaired) electrons. The molecule has 0 bridgehead atoms. The Labute approximate surface area is 186 Å². The Morgan fingerprint density at radius 1 is 0.781 bits per heavy atom. The Kier molecular flexibility index (Phi) is 5.81. The van der Waals surface area contributed by atoms with Crippen LogP contribution in [0.3, 0.4) is 0 Å². The second kappa shape index (κ2) is 8.86. The molecule has 0 saturated carbocycles. The van der Waals surface area contributed by atoms with E-state index in [1.165, 1.54) is 0 Å². The van der Waals surface area contributed by atoms with Gasteiger partial charge in [0.15, 0.2) is 0 Å². The van der Waals surface area contributed by atoms with Crippen molar-refractivity contribution in [3.63, 3.8) is 0 Å². The summed E-state index contributed by atoms with van der Waals surface area (Å²) in [5, 5.41) is 11.1. The van der Waals surface area contributed by atoms with Crippen LogP contribution in [-0.4, -0.2) is 25.3 Å². The number of aliphatic carboxylic acids is 1. The Morgan fingerprint density at radius 2 is 1.41 bits per heavy atom. The Balaban J connectivity index is 1.80. The zero-order valence-electron chi connectivity index (χ0n) is 17.8. The van der Waals surface area contributed by atoms with Crippen LogP contribution in [-0.2, 0) is 4.79 Å². The first kappa shape index (κ1) is 21.0. The van der Waals surface area contributed by atoms with Crippen molar-refractivity contribution in [1.82, 2.24) is 0 Å². The molecule has 0 heterocycles. The van der Waals surface area contributed by atoms with E-state index in [0.717, 1.165) is 33.4 Å². The van der Waals surface area contributed by atoms with Gasteiger partial charge in [0.1, 0.15) is 23.0 Å². The highest BCUT2D eigenvalue weighted by Gasteiger charge is 2.14. The van der Waals surface area contributed by atoms with Gasteiger partial charge in [-0.2, -0.15) is 0 Å². The first-order valence-corrected chi connectivity index (χ1v) is 9.96. The molecule has 0 saturated heterocycles. The first-order chi connectivity index (χ1) is 15.5. The number of rotatable bonds is 7. The lowest BCUT2D eigenvalue weighted by Crippen LogP contribution is -1.97. The number of hydrogen-bond acceptors (Lipinski definition) is 4. The first-order valence-electron chi connectivity index (χ1n) is 9.96. The lowest BCUT2D eigenvalue weighted by atomic mass is 9.99. The summed E-state index contributed by atoms with van der Waals surface area (Å²) in [5.74, 6) is 1.77. The molecule has 0 amide bonds.